The standard InChI is InChI=1S/C13H16ClNO2/c1-9-4-5-11(12(14)7-9)13(17)15-6-2-3-10(16)8-15/h4-5,7,10,16H,2-3,6,8H2,1H3. The van der Waals surface area contributed by atoms with Gasteiger partial charge in [-0.1, -0.05) is 17.7 Å². The average Bonchev–Trinajstić information content (AvgIpc) is 2.28. The molecule has 1 aromatic carbocycles. The van der Waals surface area contributed by atoms with Crippen molar-refractivity contribution in [3.05, 3.63) is 34.3 Å². The number of benzene rings is 1. The smallest absolute Gasteiger partial charge is 0.255 e. The Hall–Kier alpha value is -1.06. The first kappa shape index (κ1) is 12.4. The van der Waals surface area contributed by atoms with Crippen molar-refractivity contribution in [1.29, 1.82) is 0 Å². The Morgan fingerprint density at radius 1 is 1.53 bits per heavy atom. The van der Waals surface area contributed by atoms with Gasteiger partial charge in [0.05, 0.1) is 16.7 Å². The monoisotopic (exact) mass is 253 g/mol. The number of halogens is 1. The lowest BCUT2D eigenvalue weighted by Crippen LogP contribution is -2.42. The van der Waals surface area contributed by atoms with Crippen molar-refractivity contribution in [2.75, 3.05) is 13.1 Å². The molecule has 2 rings (SSSR count). The lowest BCUT2D eigenvalue weighted by Gasteiger charge is -2.30. The number of aliphatic hydroxyl groups excluding tert-OH is 1. The van der Waals surface area contributed by atoms with Gasteiger partial charge in [0.25, 0.3) is 5.91 Å². The fourth-order valence-corrected chi connectivity index (χ4v) is 2.42. The van der Waals surface area contributed by atoms with Gasteiger partial charge in [0.1, 0.15) is 0 Å². The van der Waals surface area contributed by atoms with Crippen molar-refractivity contribution < 1.29 is 9.90 Å². The lowest BCUT2D eigenvalue weighted by molar-refractivity contribution is 0.0474. The van der Waals surface area contributed by atoms with E-state index in [2.05, 4.69) is 0 Å². The molecule has 92 valence electrons. The fourth-order valence-electron chi connectivity index (χ4n) is 2.10. The van der Waals surface area contributed by atoms with E-state index >= 15 is 0 Å². The number of amides is 1. The van der Waals surface area contributed by atoms with Gasteiger partial charge in [-0.25, -0.2) is 0 Å². The van der Waals surface area contributed by atoms with E-state index in [1.165, 1.54) is 0 Å². The summed E-state index contributed by atoms with van der Waals surface area (Å²) < 4.78 is 0. The topological polar surface area (TPSA) is 40.5 Å². The molecule has 1 fully saturated rings. The number of β-amino-alcohol motifs (C(OH)–C–C–N with tert-alkyl or cyclic N) is 1. The van der Waals surface area contributed by atoms with Gasteiger partial charge in [-0.15, -0.1) is 0 Å². The van der Waals surface area contributed by atoms with Crippen LogP contribution in [0.15, 0.2) is 18.2 Å². The van der Waals surface area contributed by atoms with Gasteiger partial charge in [-0.3, -0.25) is 4.79 Å². The number of aliphatic hydroxyl groups is 1. The second kappa shape index (κ2) is 5.07. The zero-order valence-corrected chi connectivity index (χ0v) is 10.6. The Morgan fingerprint density at radius 2 is 2.29 bits per heavy atom. The number of carbonyl (C=O) groups is 1. The van der Waals surface area contributed by atoms with Gasteiger partial charge >= 0.3 is 0 Å². The Kier molecular flexibility index (Phi) is 3.69. The Balaban J connectivity index is 2.18. The largest absolute Gasteiger partial charge is 0.391 e. The molecule has 17 heavy (non-hydrogen) atoms. The molecule has 0 aliphatic carbocycles. The van der Waals surface area contributed by atoms with Gasteiger partial charge in [-0.2, -0.15) is 0 Å². The van der Waals surface area contributed by atoms with Crippen LogP contribution in [0, 0.1) is 6.92 Å². The van der Waals surface area contributed by atoms with Crippen molar-refractivity contribution in [1.82, 2.24) is 4.90 Å². The van der Waals surface area contributed by atoms with Crippen molar-refractivity contribution in [2.24, 2.45) is 0 Å². The second-order valence-corrected chi connectivity index (χ2v) is 4.94. The van der Waals surface area contributed by atoms with Crippen LogP contribution in [-0.4, -0.2) is 35.1 Å². The van der Waals surface area contributed by atoms with Crippen LogP contribution in [0.3, 0.4) is 0 Å². The molecule has 0 bridgehead atoms. The first-order valence-corrected chi connectivity index (χ1v) is 6.19. The fraction of sp³-hybridized carbons (Fsp3) is 0.462. The highest BCUT2D eigenvalue weighted by Crippen LogP contribution is 2.21. The SMILES string of the molecule is Cc1ccc(C(=O)N2CCCC(O)C2)c(Cl)c1. The maximum absolute atomic E-state index is 12.2. The average molecular weight is 254 g/mol. The number of likely N-dealkylation sites (tertiary alicyclic amines) is 1. The van der Waals surface area contributed by atoms with Crippen molar-refractivity contribution in [2.45, 2.75) is 25.9 Å². The molecule has 0 radical (unpaired) electrons. The summed E-state index contributed by atoms with van der Waals surface area (Å²) in [5.74, 6) is -0.0891. The zero-order valence-electron chi connectivity index (χ0n) is 9.82. The lowest BCUT2D eigenvalue weighted by atomic mass is 10.1. The van der Waals surface area contributed by atoms with Gasteiger partial charge in [0.2, 0.25) is 0 Å². The molecule has 1 aliphatic heterocycles. The summed E-state index contributed by atoms with van der Waals surface area (Å²) in [4.78, 5) is 13.9. The summed E-state index contributed by atoms with van der Waals surface area (Å²) in [6.45, 7) is 3.04. The highest BCUT2D eigenvalue weighted by Gasteiger charge is 2.24. The van der Waals surface area contributed by atoms with Gasteiger partial charge in [0.15, 0.2) is 0 Å². The molecule has 4 heteroatoms. The van der Waals surface area contributed by atoms with Gasteiger partial charge < -0.3 is 10.0 Å². The quantitative estimate of drug-likeness (QED) is 0.834. The van der Waals surface area contributed by atoms with E-state index in [1.54, 1.807) is 17.0 Å². The van der Waals surface area contributed by atoms with Gasteiger partial charge in [0, 0.05) is 13.1 Å². The van der Waals surface area contributed by atoms with Gasteiger partial charge in [-0.05, 0) is 37.5 Å². The molecule has 1 aromatic rings. The molecule has 0 spiro atoms. The molecule has 0 saturated carbocycles. The number of hydrogen-bond acceptors (Lipinski definition) is 2. The van der Waals surface area contributed by atoms with Crippen LogP contribution in [0.25, 0.3) is 0 Å². The molecule has 1 amide bonds. The predicted octanol–water partition coefficient (Wildman–Crippen LogP) is 2.25. The van der Waals surface area contributed by atoms with E-state index in [0.717, 1.165) is 18.4 Å². The third-order valence-corrected chi connectivity index (χ3v) is 3.35. The van der Waals surface area contributed by atoms with Crippen LogP contribution in [-0.2, 0) is 0 Å². The third kappa shape index (κ3) is 2.79. The summed E-state index contributed by atoms with van der Waals surface area (Å²) in [6.07, 6.45) is 1.21. The van der Waals surface area contributed by atoms with Crippen LogP contribution in [0.2, 0.25) is 5.02 Å². The highest BCUT2D eigenvalue weighted by molar-refractivity contribution is 6.33. The van der Waals surface area contributed by atoms with Crippen molar-refractivity contribution in [3.8, 4) is 0 Å². The molecule has 3 nitrogen and oxygen atoms in total. The minimum Gasteiger partial charge on any atom is -0.391 e. The first-order valence-electron chi connectivity index (χ1n) is 5.81. The van der Waals surface area contributed by atoms with E-state index in [0.29, 0.717) is 23.7 Å². The number of carbonyl (C=O) groups excluding carboxylic acids is 1. The molecule has 1 atom stereocenters. The van der Waals surface area contributed by atoms with Crippen LogP contribution in [0.4, 0.5) is 0 Å². The minimum absolute atomic E-state index is 0.0891. The second-order valence-electron chi connectivity index (χ2n) is 4.53. The number of rotatable bonds is 1. The molecular formula is C13H16ClNO2. The predicted molar refractivity (Wildman–Crippen MR) is 67.3 cm³/mol. The molecule has 1 aliphatic rings. The molecule has 1 saturated heterocycles. The summed E-state index contributed by atoms with van der Waals surface area (Å²) in [6, 6.07) is 5.41. The first-order chi connectivity index (χ1) is 8.08. The Morgan fingerprint density at radius 3 is 2.94 bits per heavy atom. The summed E-state index contributed by atoms with van der Waals surface area (Å²) in [5, 5.41) is 10.0. The molecule has 0 aromatic heterocycles. The van der Waals surface area contributed by atoms with E-state index in [-0.39, 0.29) is 5.91 Å². The highest BCUT2D eigenvalue weighted by atomic mass is 35.5. The minimum atomic E-state index is -0.406. The Labute approximate surface area is 106 Å². The molecule has 1 N–H and O–H groups in total. The van der Waals surface area contributed by atoms with Crippen LogP contribution < -0.4 is 0 Å². The summed E-state index contributed by atoms with van der Waals surface area (Å²) in [7, 11) is 0. The number of hydrogen-bond donors (Lipinski definition) is 1. The van der Waals surface area contributed by atoms with E-state index in [9.17, 15) is 9.90 Å². The van der Waals surface area contributed by atoms with Crippen molar-refractivity contribution >= 4 is 17.5 Å². The van der Waals surface area contributed by atoms with E-state index in [4.69, 9.17) is 11.6 Å². The van der Waals surface area contributed by atoms with E-state index in [1.807, 2.05) is 13.0 Å². The number of nitrogens with zero attached hydrogens (tertiary/aromatic N) is 1. The van der Waals surface area contributed by atoms with Crippen molar-refractivity contribution in [3.63, 3.8) is 0 Å². The summed E-state index contributed by atoms with van der Waals surface area (Å²) >= 11 is 6.07. The van der Waals surface area contributed by atoms with Crippen LogP contribution in [0.5, 0.6) is 0 Å². The maximum atomic E-state index is 12.2. The van der Waals surface area contributed by atoms with Crippen LogP contribution >= 0.6 is 11.6 Å². The van der Waals surface area contributed by atoms with Crippen LogP contribution in [0.1, 0.15) is 28.8 Å². The number of piperidine rings is 1. The molecule has 1 heterocycles. The number of aryl methyl sites for hydroxylation is 1. The maximum Gasteiger partial charge on any atom is 0.255 e. The molecular weight excluding hydrogens is 238 g/mol. The normalized spacial score (nSPS) is 20.4. The zero-order chi connectivity index (χ0) is 12.4. The Bertz CT molecular complexity index is 433. The van der Waals surface area contributed by atoms with E-state index < -0.39 is 6.10 Å². The summed E-state index contributed by atoms with van der Waals surface area (Å²) in [5.41, 5.74) is 1.55. The third-order valence-electron chi connectivity index (χ3n) is 3.04. The molecule has 1 unspecified atom stereocenters.